The number of thiazole rings is 1. The number of anilines is 1. The number of halogens is 1. The van der Waals surface area contributed by atoms with Crippen molar-refractivity contribution in [3.63, 3.8) is 0 Å². The van der Waals surface area contributed by atoms with E-state index in [1.54, 1.807) is 25.3 Å². The molecule has 0 unspecified atom stereocenters. The highest BCUT2D eigenvalue weighted by Gasteiger charge is 2.22. The van der Waals surface area contributed by atoms with E-state index < -0.39 is 11.7 Å². The van der Waals surface area contributed by atoms with Crippen molar-refractivity contribution in [2.75, 3.05) is 5.32 Å². The van der Waals surface area contributed by atoms with Crippen LogP contribution in [-0.2, 0) is 13.2 Å². The van der Waals surface area contributed by atoms with Gasteiger partial charge in [-0.1, -0.05) is 11.2 Å². The molecule has 0 aliphatic carbocycles. The van der Waals surface area contributed by atoms with Crippen LogP contribution in [0.15, 0.2) is 40.4 Å². The molecule has 1 amide bonds. The monoisotopic (exact) mass is 441 g/mol. The first-order chi connectivity index (χ1) is 15.0. The number of nitrogens with zero attached hydrogens (tertiary/aromatic N) is 4. The first kappa shape index (κ1) is 20.7. The molecule has 4 aromatic rings. The smallest absolute Gasteiger partial charge is 0.280 e. The van der Waals surface area contributed by atoms with Gasteiger partial charge in [0.15, 0.2) is 10.8 Å². The van der Waals surface area contributed by atoms with E-state index in [-0.39, 0.29) is 12.3 Å². The maximum atomic E-state index is 13.3. The molecule has 0 fully saturated rings. The Labute approximate surface area is 181 Å². The number of aromatic nitrogens is 4. The van der Waals surface area contributed by atoms with Crippen LogP contribution >= 0.6 is 11.3 Å². The molecule has 10 heteroatoms. The third-order valence-electron chi connectivity index (χ3n) is 4.78. The zero-order valence-corrected chi connectivity index (χ0v) is 18.0. The largest absolute Gasteiger partial charge is 0.489 e. The second-order valence-corrected chi connectivity index (χ2v) is 7.62. The van der Waals surface area contributed by atoms with Gasteiger partial charge in [-0.2, -0.15) is 5.10 Å². The van der Waals surface area contributed by atoms with E-state index in [2.05, 4.69) is 20.6 Å². The Bertz CT molecular complexity index is 1230. The number of benzene rings is 1. The molecule has 0 bridgehead atoms. The number of rotatable bonds is 7. The number of carbonyl (C=O) groups excluding carboxylic acids is 1. The van der Waals surface area contributed by atoms with Crippen LogP contribution in [0.4, 0.5) is 9.52 Å². The van der Waals surface area contributed by atoms with Crippen LogP contribution in [-0.4, -0.2) is 25.8 Å². The van der Waals surface area contributed by atoms with Crippen LogP contribution in [0.1, 0.15) is 34.4 Å². The van der Waals surface area contributed by atoms with Gasteiger partial charge in [-0.05, 0) is 32.9 Å². The minimum absolute atomic E-state index is 0.0139. The summed E-state index contributed by atoms with van der Waals surface area (Å²) < 4.78 is 26.0. The molecular formula is C21H20FN5O3S. The van der Waals surface area contributed by atoms with Gasteiger partial charge in [-0.3, -0.25) is 14.8 Å². The number of amides is 1. The summed E-state index contributed by atoms with van der Waals surface area (Å²) in [7, 11) is 0. The molecule has 0 saturated carbocycles. The van der Waals surface area contributed by atoms with Gasteiger partial charge in [0.2, 0.25) is 0 Å². The SMILES string of the molecule is CCn1ncc(-c2csc(NC(=O)c3noc(C)c3COc3cccc(F)c3)n2)c1C. The van der Waals surface area contributed by atoms with Gasteiger partial charge in [0.05, 0.1) is 17.5 Å². The highest BCUT2D eigenvalue weighted by atomic mass is 32.1. The van der Waals surface area contributed by atoms with Crippen LogP contribution in [0.25, 0.3) is 11.3 Å². The van der Waals surface area contributed by atoms with Gasteiger partial charge >= 0.3 is 0 Å². The zero-order valence-electron chi connectivity index (χ0n) is 17.2. The van der Waals surface area contributed by atoms with E-state index in [0.717, 1.165) is 23.5 Å². The molecule has 1 N–H and O–H groups in total. The predicted molar refractivity (Wildman–Crippen MR) is 114 cm³/mol. The van der Waals surface area contributed by atoms with Gasteiger partial charge in [-0.15, -0.1) is 11.3 Å². The fraction of sp³-hybridized carbons (Fsp3) is 0.238. The molecule has 4 rings (SSSR count). The summed E-state index contributed by atoms with van der Waals surface area (Å²) in [6.45, 7) is 6.47. The Hall–Kier alpha value is -3.53. The van der Waals surface area contributed by atoms with Crippen molar-refractivity contribution in [3.05, 3.63) is 64.4 Å². The van der Waals surface area contributed by atoms with Crippen molar-refractivity contribution in [1.29, 1.82) is 0 Å². The number of ether oxygens (including phenoxy) is 1. The van der Waals surface area contributed by atoms with E-state index in [9.17, 15) is 9.18 Å². The van der Waals surface area contributed by atoms with E-state index in [1.807, 2.05) is 23.9 Å². The molecule has 3 heterocycles. The highest BCUT2D eigenvalue weighted by molar-refractivity contribution is 7.14. The van der Waals surface area contributed by atoms with Crippen molar-refractivity contribution < 1.29 is 18.4 Å². The standard InChI is InChI=1S/C21H20FN5O3S/c1-4-27-12(2)16(9-23-27)18-11-31-21(24-18)25-20(28)19-17(13(3)30-26-19)10-29-15-7-5-6-14(22)8-15/h5-9,11H,4,10H2,1-3H3,(H,24,25,28). The summed E-state index contributed by atoms with van der Waals surface area (Å²) in [4.78, 5) is 17.3. The number of carbonyl (C=O) groups is 1. The lowest BCUT2D eigenvalue weighted by molar-refractivity contribution is 0.101. The van der Waals surface area contributed by atoms with Crippen LogP contribution in [0.3, 0.4) is 0 Å². The van der Waals surface area contributed by atoms with Gasteiger partial charge < -0.3 is 9.26 Å². The normalized spacial score (nSPS) is 11.0. The Morgan fingerprint density at radius 1 is 1.35 bits per heavy atom. The Balaban J connectivity index is 1.48. The van der Waals surface area contributed by atoms with E-state index in [0.29, 0.717) is 22.2 Å². The maximum Gasteiger partial charge on any atom is 0.280 e. The number of nitrogens with one attached hydrogen (secondary N) is 1. The molecule has 0 radical (unpaired) electrons. The molecule has 0 aliphatic heterocycles. The third-order valence-corrected chi connectivity index (χ3v) is 5.54. The van der Waals surface area contributed by atoms with Crippen molar-refractivity contribution in [3.8, 4) is 17.0 Å². The molecule has 0 saturated heterocycles. The first-order valence-corrected chi connectivity index (χ1v) is 10.5. The highest BCUT2D eigenvalue weighted by Crippen LogP contribution is 2.28. The van der Waals surface area contributed by atoms with Gasteiger partial charge in [-0.25, -0.2) is 9.37 Å². The predicted octanol–water partition coefficient (Wildman–Crippen LogP) is 4.60. The Kier molecular flexibility index (Phi) is 5.81. The van der Waals surface area contributed by atoms with E-state index >= 15 is 0 Å². The molecule has 3 aromatic heterocycles. The van der Waals surface area contributed by atoms with Crippen molar-refractivity contribution in [2.24, 2.45) is 0 Å². The van der Waals surface area contributed by atoms with Gasteiger partial charge in [0, 0.05) is 29.2 Å². The number of aryl methyl sites for hydroxylation is 2. The van der Waals surface area contributed by atoms with E-state index in [4.69, 9.17) is 9.26 Å². The van der Waals surface area contributed by atoms with Crippen molar-refractivity contribution >= 4 is 22.4 Å². The lowest BCUT2D eigenvalue weighted by Gasteiger charge is -2.06. The molecule has 0 aliphatic rings. The van der Waals surface area contributed by atoms with E-state index in [1.165, 1.54) is 23.5 Å². The van der Waals surface area contributed by atoms with Crippen LogP contribution in [0, 0.1) is 19.7 Å². The molecule has 31 heavy (non-hydrogen) atoms. The molecule has 8 nitrogen and oxygen atoms in total. The third kappa shape index (κ3) is 4.33. The lowest BCUT2D eigenvalue weighted by atomic mass is 10.2. The number of hydrogen-bond acceptors (Lipinski definition) is 7. The topological polar surface area (TPSA) is 95.1 Å². The van der Waals surface area contributed by atoms with Gasteiger partial charge in [0.25, 0.3) is 5.91 Å². The Morgan fingerprint density at radius 2 is 2.19 bits per heavy atom. The Morgan fingerprint density at radius 3 is 2.94 bits per heavy atom. The summed E-state index contributed by atoms with van der Waals surface area (Å²) in [5.41, 5.74) is 3.25. The molecule has 0 spiro atoms. The van der Waals surface area contributed by atoms with Gasteiger partial charge in [0.1, 0.15) is 23.9 Å². The summed E-state index contributed by atoms with van der Waals surface area (Å²) in [5.74, 6) is -0.0723. The quantitative estimate of drug-likeness (QED) is 0.450. The fourth-order valence-corrected chi connectivity index (χ4v) is 3.79. The number of hydrogen-bond donors (Lipinski definition) is 1. The minimum Gasteiger partial charge on any atom is -0.489 e. The van der Waals surface area contributed by atoms with Crippen molar-refractivity contribution in [1.82, 2.24) is 19.9 Å². The molecular weight excluding hydrogens is 421 g/mol. The second kappa shape index (κ2) is 8.68. The average Bonchev–Trinajstić information content (AvgIpc) is 3.45. The lowest BCUT2D eigenvalue weighted by Crippen LogP contribution is -2.15. The molecule has 0 atom stereocenters. The minimum atomic E-state index is -0.462. The average molecular weight is 441 g/mol. The van der Waals surface area contributed by atoms with Crippen LogP contribution < -0.4 is 10.1 Å². The second-order valence-electron chi connectivity index (χ2n) is 6.76. The van der Waals surface area contributed by atoms with Crippen LogP contribution in [0.5, 0.6) is 5.75 Å². The summed E-state index contributed by atoms with van der Waals surface area (Å²) in [6, 6.07) is 5.77. The first-order valence-electron chi connectivity index (χ1n) is 9.59. The summed E-state index contributed by atoms with van der Waals surface area (Å²) in [6.07, 6.45) is 1.77. The molecule has 160 valence electrons. The zero-order chi connectivity index (χ0) is 22.0. The summed E-state index contributed by atoms with van der Waals surface area (Å²) in [5, 5.41) is 13.2. The fourth-order valence-electron chi connectivity index (χ4n) is 3.08. The summed E-state index contributed by atoms with van der Waals surface area (Å²) >= 11 is 1.31. The van der Waals surface area contributed by atoms with Crippen LogP contribution in [0.2, 0.25) is 0 Å². The van der Waals surface area contributed by atoms with Crippen molar-refractivity contribution in [2.45, 2.75) is 33.9 Å². The molecule has 1 aromatic carbocycles. The maximum absolute atomic E-state index is 13.3.